The molecule has 0 bridgehead atoms. The fourth-order valence-electron chi connectivity index (χ4n) is 3.50. The fraction of sp³-hybridized carbons (Fsp3) is 0.739. The van der Waals surface area contributed by atoms with Gasteiger partial charge >= 0.3 is 0 Å². The van der Waals surface area contributed by atoms with Gasteiger partial charge in [0, 0.05) is 0 Å². The van der Waals surface area contributed by atoms with E-state index in [1.807, 2.05) is 0 Å². The van der Waals surface area contributed by atoms with Crippen LogP contribution in [0.1, 0.15) is 47.5 Å². The van der Waals surface area contributed by atoms with Crippen molar-refractivity contribution in [1.29, 1.82) is 0 Å². The van der Waals surface area contributed by atoms with Crippen LogP contribution in [-0.2, 0) is 8.85 Å². The molecule has 1 aliphatic rings. The van der Waals surface area contributed by atoms with Crippen LogP contribution in [0.5, 0.6) is 0 Å². The second-order valence-electron chi connectivity index (χ2n) is 10.7. The first-order chi connectivity index (χ1) is 12.1. The van der Waals surface area contributed by atoms with Crippen LogP contribution in [0.3, 0.4) is 0 Å². The van der Waals surface area contributed by atoms with E-state index >= 15 is 0 Å². The minimum Gasteiger partial charge on any atom is -0.411 e. The minimum atomic E-state index is -1.92. The number of rotatable bonds is 7. The summed E-state index contributed by atoms with van der Waals surface area (Å²) >= 11 is 0. The number of hydrogen-bond acceptors (Lipinski definition) is 2. The first kappa shape index (κ1) is 24.4. The molecule has 1 aliphatic carbocycles. The van der Waals surface area contributed by atoms with E-state index in [4.69, 9.17) is 15.3 Å². The highest BCUT2D eigenvalue weighted by molar-refractivity contribution is 6.74. The summed E-state index contributed by atoms with van der Waals surface area (Å²) in [6.07, 6.45) is 10.1. The van der Waals surface area contributed by atoms with E-state index in [2.05, 4.69) is 85.9 Å². The Kier molecular flexibility index (Phi) is 7.98. The fourth-order valence-corrected chi connectivity index (χ4v) is 5.85. The van der Waals surface area contributed by atoms with Gasteiger partial charge in [-0.25, -0.2) is 0 Å². The van der Waals surface area contributed by atoms with Crippen LogP contribution in [0.2, 0.25) is 37.8 Å². The zero-order valence-corrected chi connectivity index (χ0v) is 21.4. The summed E-state index contributed by atoms with van der Waals surface area (Å²) in [7, 11) is -3.61. The van der Waals surface area contributed by atoms with Gasteiger partial charge in [-0.05, 0) is 81.9 Å². The molecular weight excluding hydrogens is 364 g/mol. The van der Waals surface area contributed by atoms with Crippen molar-refractivity contribution in [2.24, 2.45) is 11.8 Å². The molecule has 27 heavy (non-hydrogen) atoms. The van der Waals surface area contributed by atoms with Crippen LogP contribution in [0, 0.1) is 24.2 Å². The van der Waals surface area contributed by atoms with Crippen molar-refractivity contribution in [1.82, 2.24) is 0 Å². The number of hydrogen-bond donors (Lipinski definition) is 0. The molecule has 4 heteroatoms. The highest BCUT2D eigenvalue weighted by atomic mass is 28.4. The van der Waals surface area contributed by atoms with Crippen LogP contribution in [0.4, 0.5) is 0 Å². The Morgan fingerprint density at radius 3 is 2.26 bits per heavy atom. The Bertz CT molecular complexity index is 599. The Balaban J connectivity index is 3.15. The van der Waals surface area contributed by atoms with Gasteiger partial charge in [0.05, 0.1) is 6.10 Å². The molecular formula is C23H42O2Si2. The van der Waals surface area contributed by atoms with Crippen LogP contribution >= 0.6 is 0 Å². The normalized spacial score (nSPS) is 25.5. The molecule has 0 spiro atoms. The zero-order chi connectivity index (χ0) is 21.2. The smallest absolute Gasteiger partial charge is 0.193 e. The lowest BCUT2D eigenvalue weighted by molar-refractivity contribution is 0.0829. The predicted molar refractivity (Wildman–Crippen MR) is 124 cm³/mol. The maximum atomic E-state index is 6.64. The van der Waals surface area contributed by atoms with Gasteiger partial charge < -0.3 is 8.85 Å². The third-order valence-electron chi connectivity index (χ3n) is 6.08. The second kappa shape index (κ2) is 8.82. The molecule has 2 nitrogen and oxygen atoms in total. The Hall–Kier alpha value is -0.606. The van der Waals surface area contributed by atoms with Crippen molar-refractivity contribution in [2.45, 2.75) is 97.4 Å². The first-order valence-electron chi connectivity index (χ1n) is 10.2. The summed E-state index contributed by atoms with van der Waals surface area (Å²) in [5.41, 5.74) is 2.55. The third kappa shape index (κ3) is 6.74. The van der Waals surface area contributed by atoms with Crippen LogP contribution in [0.25, 0.3) is 0 Å². The van der Waals surface area contributed by atoms with E-state index in [1.54, 1.807) is 0 Å². The van der Waals surface area contributed by atoms with E-state index in [0.717, 1.165) is 12.8 Å². The van der Waals surface area contributed by atoms with Crippen molar-refractivity contribution in [3.8, 4) is 12.3 Å². The molecule has 0 unspecified atom stereocenters. The maximum Gasteiger partial charge on any atom is 0.193 e. The van der Waals surface area contributed by atoms with E-state index in [1.165, 1.54) is 11.1 Å². The first-order valence-corrected chi connectivity index (χ1v) is 16.5. The van der Waals surface area contributed by atoms with E-state index < -0.39 is 16.6 Å². The molecule has 0 heterocycles. The lowest BCUT2D eigenvalue weighted by atomic mass is 9.72. The van der Waals surface area contributed by atoms with Gasteiger partial charge in [-0.1, -0.05) is 44.9 Å². The van der Waals surface area contributed by atoms with Crippen LogP contribution < -0.4 is 0 Å². The molecule has 4 atom stereocenters. The highest BCUT2D eigenvalue weighted by Gasteiger charge is 2.42. The average Bonchev–Trinajstić information content (AvgIpc) is 2.47. The molecule has 0 saturated carbocycles. The summed E-state index contributed by atoms with van der Waals surface area (Å²) in [5, 5.41) is 0.145. The molecule has 154 valence electrons. The SMILES string of the molecule is C#C[C@H](C[C@@H]1[C@@H](C(=C)C)CC=C(C)[C@H]1O[Si](C)(C)C)O[Si](C)(C)C(C)(C)C. The molecule has 1 rings (SSSR count). The Morgan fingerprint density at radius 1 is 1.30 bits per heavy atom. The van der Waals surface area contributed by atoms with Crippen molar-refractivity contribution >= 4 is 16.6 Å². The van der Waals surface area contributed by atoms with Crippen LogP contribution in [0.15, 0.2) is 23.8 Å². The molecule has 0 radical (unpaired) electrons. The largest absolute Gasteiger partial charge is 0.411 e. The molecule has 0 aromatic rings. The molecule has 0 amide bonds. The second-order valence-corrected chi connectivity index (χ2v) is 19.9. The van der Waals surface area contributed by atoms with Crippen molar-refractivity contribution in [3.05, 3.63) is 23.8 Å². The highest BCUT2D eigenvalue weighted by Crippen LogP contribution is 2.42. The summed E-state index contributed by atoms with van der Waals surface area (Å²) in [4.78, 5) is 0. The van der Waals surface area contributed by atoms with E-state index in [0.29, 0.717) is 11.8 Å². The van der Waals surface area contributed by atoms with Gasteiger partial charge in [-0.2, -0.15) is 0 Å². The lowest BCUT2D eigenvalue weighted by Gasteiger charge is -2.43. The zero-order valence-electron chi connectivity index (χ0n) is 19.4. The molecule has 0 N–H and O–H groups in total. The quantitative estimate of drug-likeness (QED) is 0.263. The van der Waals surface area contributed by atoms with Crippen molar-refractivity contribution in [2.75, 3.05) is 0 Å². The van der Waals surface area contributed by atoms with Crippen LogP contribution in [-0.4, -0.2) is 28.8 Å². The minimum absolute atomic E-state index is 0.117. The molecule has 0 saturated heterocycles. The monoisotopic (exact) mass is 406 g/mol. The summed E-state index contributed by atoms with van der Waals surface area (Å²) in [6, 6.07) is 0. The third-order valence-corrected chi connectivity index (χ3v) is 11.5. The molecule has 0 aliphatic heterocycles. The van der Waals surface area contributed by atoms with Gasteiger partial charge in [0.2, 0.25) is 0 Å². The maximum absolute atomic E-state index is 6.64. The van der Waals surface area contributed by atoms with Crippen molar-refractivity contribution < 1.29 is 8.85 Å². The Labute approximate surface area is 171 Å². The standard InChI is InChI=1S/C23H42O2Si2/c1-13-19(24-27(11,12)23(5,6)7)16-21-20(17(2)3)15-14-18(4)22(21)25-26(8,9)10/h1,14,19-22H,2,15-16H2,3-12H3/t19-,20-,21-,22-/m1/s1. The molecule has 0 aromatic carbocycles. The van der Waals surface area contributed by atoms with Gasteiger partial charge in [-0.3, -0.25) is 0 Å². The predicted octanol–water partition coefficient (Wildman–Crippen LogP) is 6.78. The van der Waals surface area contributed by atoms with Gasteiger partial charge in [-0.15, -0.1) is 6.42 Å². The summed E-state index contributed by atoms with van der Waals surface area (Å²) < 4.78 is 13.2. The molecule has 0 fully saturated rings. The molecule has 0 aromatic heterocycles. The van der Waals surface area contributed by atoms with Gasteiger partial charge in [0.1, 0.15) is 6.10 Å². The average molecular weight is 407 g/mol. The van der Waals surface area contributed by atoms with Gasteiger partial charge in [0.15, 0.2) is 16.6 Å². The summed E-state index contributed by atoms with van der Waals surface area (Å²) in [5.74, 6) is 3.68. The summed E-state index contributed by atoms with van der Waals surface area (Å²) in [6.45, 7) is 26.7. The topological polar surface area (TPSA) is 18.5 Å². The number of terminal acetylenes is 1. The van der Waals surface area contributed by atoms with Crippen molar-refractivity contribution in [3.63, 3.8) is 0 Å². The number of allylic oxidation sites excluding steroid dienone is 2. The lowest BCUT2D eigenvalue weighted by Crippen LogP contribution is -2.47. The van der Waals surface area contributed by atoms with E-state index in [-0.39, 0.29) is 17.2 Å². The van der Waals surface area contributed by atoms with Gasteiger partial charge in [0.25, 0.3) is 0 Å². The Morgan fingerprint density at radius 2 is 1.85 bits per heavy atom. The van der Waals surface area contributed by atoms with E-state index in [9.17, 15) is 0 Å².